The van der Waals surface area contributed by atoms with Gasteiger partial charge in [-0.3, -0.25) is 14.7 Å². The second-order valence-electron chi connectivity index (χ2n) is 7.00. The molecule has 124 valence electrons. The summed E-state index contributed by atoms with van der Waals surface area (Å²) < 4.78 is 0. The van der Waals surface area contributed by atoms with Gasteiger partial charge in [0.1, 0.15) is 5.84 Å². The van der Waals surface area contributed by atoms with Crippen molar-refractivity contribution in [1.29, 1.82) is 0 Å². The standard InChI is InChI=1S/C20H21ClN2O/c1-20(2,3)16-9-7-14(8-10-16)19(24)23-12-11-22-18(23)15-5-4-6-17(21)13-15/h4-10,13H,11-12H2,1-3H3. The third-order valence-corrected chi connectivity index (χ3v) is 4.40. The fourth-order valence-electron chi connectivity index (χ4n) is 2.79. The second kappa shape index (κ2) is 6.40. The van der Waals surface area contributed by atoms with Crippen molar-refractivity contribution < 1.29 is 4.79 Å². The molecule has 0 saturated heterocycles. The van der Waals surface area contributed by atoms with Crippen LogP contribution in [0.2, 0.25) is 5.02 Å². The zero-order valence-corrected chi connectivity index (χ0v) is 15.0. The van der Waals surface area contributed by atoms with Gasteiger partial charge in [-0.15, -0.1) is 0 Å². The van der Waals surface area contributed by atoms with Gasteiger partial charge in [-0.1, -0.05) is 56.6 Å². The summed E-state index contributed by atoms with van der Waals surface area (Å²) in [6.45, 7) is 7.70. The van der Waals surface area contributed by atoms with E-state index < -0.39 is 0 Å². The van der Waals surface area contributed by atoms with E-state index in [1.165, 1.54) is 5.56 Å². The number of halogens is 1. The molecule has 3 rings (SSSR count). The molecule has 0 spiro atoms. The number of carbonyl (C=O) groups excluding carboxylic acids is 1. The van der Waals surface area contributed by atoms with Crippen molar-refractivity contribution in [2.45, 2.75) is 26.2 Å². The maximum absolute atomic E-state index is 12.9. The van der Waals surface area contributed by atoms with Gasteiger partial charge in [0.25, 0.3) is 5.91 Å². The predicted octanol–water partition coefficient (Wildman–Crippen LogP) is 4.54. The topological polar surface area (TPSA) is 32.7 Å². The first-order valence-corrected chi connectivity index (χ1v) is 8.47. The molecular formula is C20H21ClN2O. The molecule has 0 fully saturated rings. The van der Waals surface area contributed by atoms with E-state index in [0.717, 1.165) is 5.56 Å². The van der Waals surface area contributed by atoms with Crippen LogP contribution in [0.1, 0.15) is 42.3 Å². The molecule has 0 radical (unpaired) electrons. The van der Waals surface area contributed by atoms with Crippen molar-refractivity contribution >= 4 is 23.3 Å². The van der Waals surface area contributed by atoms with Gasteiger partial charge in [0.05, 0.1) is 6.54 Å². The molecular weight excluding hydrogens is 320 g/mol. The fourth-order valence-corrected chi connectivity index (χ4v) is 2.98. The average Bonchev–Trinajstić information content (AvgIpc) is 3.03. The predicted molar refractivity (Wildman–Crippen MR) is 99.0 cm³/mol. The van der Waals surface area contributed by atoms with E-state index in [-0.39, 0.29) is 11.3 Å². The van der Waals surface area contributed by atoms with Crippen molar-refractivity contribution in [2.24, 2.45) is 4.99 Å². The maximum atomic E-state index is 12.9. The summed E-state index contributed by atoms with van der Waals surface area (Å²) in [7, 11) is 0. The number of rotatable bonds is 2. The minimum absolute atomic E-state index is 0.0216. The Balaban J connectivity index is 1.86. The van der Waals surface area contributed by atoms with Crippen LogP contribution in [0.3, 0.4) is 0 Å². The molecule has 24 heavy (non-hydrogen) atoms. The van der Waals surface area contributed by atoms with Crippen LogP contribution >= 0.6 is 11.6 Å². The van der Waals surface area contributed by atoms with Crippen LogP contribution < -0.4 is 0 Å². The first-order chi connectivity index (χ1) is 11.4. The number of carbonyl (C=O) groups is 1. The zero-order chi connectivity index (χ0) is 17.3. The normalized spacial score (nSPS) is 14.7. The highest BCUT2D eigenvalue weighted by Crippen LogP contribution is 2.23. The van der Waals surface area contributed by atoms with Crippen LogP contribution in [0.15, 0.2) is 53.5 Å². The lowest BCUT2D eigenvalue weighted by molar-refractivity contribution is 0.0858. The monoisotopic (exact) mass is 340 g/mol. The van der Waals surface area contributed by atoms with Crippen molar-refractivity contribution in [1.82, 2.24) is 4.90 Å². The summed E-state index contributed by atoms with van der Waals surface area (Å²) in [5, 5.41) is 0.643. The number of hydrogen-bond acceptors (Lipinski definition) is 2. The van der Waals surface area contributed by atoms with Crippen LogP contribution in [0.25, 0.3) is 0 Å². The first kappa shape index (κ1) is 16.7. The molecule has 0 unspecified atom stereocenters. The van der Waals surface area contributed by atoms with Gasteiger partial charge in [0.15, 0.2) is 0 Å². The Kier molecular flexibility index (Phi) is 4.46. The van der Waals surface area contributed by atoms with E-state index in [2.05, 4.69) is 25.8 Å². The highest BCUT2D eigenvalue weighted by atomic mass is 35.5. The van der Waals surface area contributed by atoms with Crippen LogP contribution in [-0.4, -0.2) is 29.7 Å². The Labute approximate surface area is 148 Å². The summed E-state index contributed by atoms with van der Waals surface area (Å²) in [4.78, 5) is 19.1. The van der Waals surface area contributed by atoms with Crippen LogP contribution in [0.5, 0.6) is 0 Å². The first-order valence-electron chi connectivity index (χ1n) is 8.09. The van der Waals surface area contributed by atoms with Crippen molar-refractivity contribution in [3.8, 4) is 0 Å². The van der Waals surface area contributed by atoms with Gasteiger partial charge in [0.2, 0.25) is 0 Å². The molecule has 1 aliphatic rings. The van der Waals surface area contributed by atoms with Gasteiger partial charge in [0, 0.05) is 22.7 Å². The van der Waals surface area contributed by atoms with E-state index in [1.54, 1.807) is 4.90 Å². The molecule has 1 heterocycles. The van der Waals surface area contributed by atoms with Gasteiger partial charge in [-0.25, -0.2) is 0 Å². The molecule has 0 N–H and O–H groups in total. The number of benzene rings is 2. The zero-order valence-electron chi connectivity index (χ0n) is 14.2. The van der Waals surface area contributed by atoms with Crippen LogP contribution in [0, 0.1) is 0 Å². The smallest absolute Gasteiger partial charge is 0.259 e. The molecule has 4 heteroatoms. The quantitative estimate of drug-likeness (QED) is 0.790. The van der Waals surface area contributed by atoms with E-state index >= 15 is 0 Å². The van der Waals surface area contributed by atoms with Gasteiger partial charge in [-0.05, 0) is 35.2 Å². The van der Waals surface area contributed by atoms with Crippen LogP contribution in [-0.2, 0) is 5.41 Å². The highest BCUT2D eigenvalue weighted by Gasteiger charge is 2.26. The third kappa shape index (κ3) is 3.36. The highest BCUT2D eigenvalue weighted by molar-refractivity contribution is 6.31. The molecule has 0 bridgehead atoms. The maximum Gasteiger partial charge on any atom is 0.259 e. The summed E-state index contributed by atoms with van der Waals surface area (Å²) >= 11 is 6.07. The Bertz CT molecular complexity index is 788. The minimum atomic E-state index is -0.0216. The number of aliphatic imine (C=N–C) groups is 1. The number of hydrogen-bond donors (Lipinski definition) is 0. The number of amides is 1. The number of amidine groups is 1. The van der Waals surface area contributed by atoms with Gasteiger partial charge < -0.3 is 0 Å². The van der Waals surface area contributed by atoms with Crippen molar-refractivity contribution in [2.75, 3.05) is 13.1 Å². The lowest BCUT2D eigenvalue weighted by Crippen LogP contribution is -2.34. The fraction of sp³-hybridized carbons (Fsp3) is 0.300. The molecule has 1 aliphatic heterocycles. The SMILES string of the molecule is CC(C)(C)c1ccc(C(=O)N2CCN=C2c2cccc(Cl)c2)cc1. The largest absolute Gasteiger partial charge is 0.291 e. The molecule has 1 amide bonds. The van der Waals surface area contributed by atoms with Gasteiger partial charge >= 0.3 is 0 Å². The van der Waals surface area contributed by atoms with E-state index in [0.29, 0.717) is 29.5 Å². The van der Waals surface area contributed by atoms with Crippen LogP contribution in [0.4, 0.5) is 0 Å². The van der Waals surface area contributed by atoms with E-state index in [4.69, 9.17) is 11.6 Å². The lowest BCUT2D eigenvalue weighted by Gasteiger charge is -2.21. The van der Waals surface area contributed by atoms with Crippen molar-refractivity contribution in [3.05, 3.63) is 70.2 Å². The molecule has 0 aromatic heterocycles. The Morgan fingerprint density at radius 1 is 1.12 bits per heavy atom. The Morgan fingerprint density at radius 2 is 1.83 bits per heavy atom. The summed E-state index contributed by atoms with van der Waals surface area (Å²) in [6, 6.07) is 15.3. The summed E-state index contributed by atoms with van der Waals surface area (Å²) in [6.07, 6.45) is 0. The number of nitrogens with zero attached hydrogens (tertiary/aromatic N) is 2. The summed E-state index contributed by atoms with van der Waals surface area (Å²) in [5.74, 6) is 0.675. The van der Waals surface area contributed by atoms with E-state index in [9.17, 15) is 4.79 Å². The third-order valence-electron chi connectivity index (χ3n) is 4.17. The summed E-state index contributed by atoms with van der Waals surface area (Å²) in [5.41, 5.74) is 2.84. The molecule has 3 nitrogen and oxygen atoms in total. The average molecular weight is 341 g/mol. The molecule has 0 saturated carbocycles. The minimum Gasteiger partial charge on any atom is -0.291 e. The molecule has 2 aromatic carbocycles. The van der Waals surface area contributed by atoms with Crippen molar-refractivity contribution in [3.63, 3.8) is 0 Å². The Hall–Kier alpha value is -2.13. The Morgan fingerprint density at radius 3 is 2.46 bits per heavy atom. The molecule has 0 atom stereocenters. The lowest BCUT2D eigenvalue weighted by atomic mass is 9.86. The van der Waals surface area contributed by atoms with E-state index in [1.807, 2.05) is 48.5 Å². The van der Waals surface area contributed by atoms with Gasteiger partial charge in [-0.2, -0.15) is 0 Å². The molecule has 0 aliphatic carbocycles. The second-order valence-corrected chi connectivity index (χ2v) is 7.44. The molecule has 2 aromatic rings.